The number of likely N-dealkylation sites (tertiary alicyclic amines) is 1. The van der Waals surface area contributed by atoms with E-state index in [4.69, 9.17) is 22.2 Å². The molecule has 1 saturated heterocycles. The Kier molecular flexibility index (Phi) is 3.67. The van der Waals surface area contributed by atoms with Gasteiger partial charge in [0.15, 0.2) is 11.4 Å². The Balaban J connectivity index is 2.01. The Morgan fingerprint density at radius 2 is 2.36 bits per heavy atom. The van der Waals surface area contributed by atoms with Crippen molar-refractivity contribution in [1.29, 1.82) is 0 Å². The molecule has 2 aliphatic rings. The standard InChI is InChI=1S/C13H14ClFN4O3/c14-7-1-2-8-10(11(7)15)13(22-12(21)18-8)3-4-19(6-13)9(20)5-17-16/h1-2,17H,3-6,16H2,(H,18,21)/t13-/m0/s1. The van der Waals surface area contributed by atoms with Crippen LogP contribution in [0.15, 0.2) is 12.1 Å². The lowest BCUT2D eigenvalue weighted by atomic mass is 9.89. The fourth-order valence-electron chi connectivity index (χ4n) is 2.95. The number of benzene rings is 1. The molecule has 2 aliphatic heterocycles. The zero-order valence-electron chi connectivity index (χ0n) is 11.5. The van der Waals surface area contributed by atoms with Crippen LogP contribution in [0.5, 0.6) is 0 Å². The van der Waals surface area contributed by atoms with Crippen molar-refractivity contribution in [3.8, 4) is 0 Å². The van der Waals surface area contributed by atoms with Crippen LogP contribution in [-0.2, 0) is 15.1 Å². The van der Waals surface area contributed by atoms with Gasteiger partial charge < -0.3 is 9.64 Å². The number of nitrogens with one attached hydrogen (secondary N) is 2. The molecule has 7 nitrogen and oxygen atoms in total. The second-order valence-electron chi connectivity index (χ2n) is 5.24. The van der Waals surface area contributed by atoms with E-state index >= 15 is 0 Å². The number of anilines is 1. The quantitative estimate of drug-likeness (QED) is 0.554. The van der Waals surface area contributed by atoms with Gasteiger partial charge in [-0.25, -0.2) is 9.18 Å². The summed E-state index contributed by atoms with van der Waals surface area (Å²) in [5, 5.41) is 2.39. The van der Waals surface area contributed by atoms with Crippen LogP contribution in [0.1, 0.15) is 12.0 Å². The molecule has 22 heavy (non-hydrogen) atoms. The average Bonchev–Trinajstić information content (AvgIpc) is 2.87. The summed E-state index contributed by atoms with van der Waals surface area (Å²) in [7, 11) is 0. The smallest absolute Gasteiger partial charge is 0.412 e. The summed E-state index contributed by atoms with van der Waals surface area (Å²) in [5.74, 6) is 4.24. The minimum absolute atomic E-state index is 0.0485. The first kappa shape index (κ1) is 15.0. The molecule has 9 heteroatoms. The highest BCUT2D eigenvalue weighted by Gasteiger charge is 2.50. The molecule has 2 heterocycles. The van der Waals surface area contributed by atoms with E-state index in [2.05, 4.69) is 10.7 Å². The van der Waals surface area contributed by atoms with Crippen LogP contribution in [0.25, 0.3) is 0 Å². The van der Waals surface area contributed by atoms with Crippen LogP contribution in [0, 0.1) is 5.82 Å². The highest BCUT2D eigenvalue weighted by atomic mass is 35.5. The molecule has 1 atom stereocenters. The predicted octanol–water partition coefficient (Wildman–Crippen LogP) is 0.932. The molecule has 0 bridgehead atoms. The molecular formula is C13H14ClFN4O3. The number of halogens is 2. The van der Waals surface area contributed by atoms with E-state index in [0.29, 0.717) is 18.7 Å². The van der Waals surface area contributed by atoms with E-state index in [0.717, 1.165) is 0 Å². The predicted molar refractivity (Wildman–Crippen MR) is 76.6 cm³/mol. The van der Waals surface area contributed by atoms with Crippen molar-refractivity contribution < 1.29 is 18.7 Å². The van der Waals surface area contributed by atoms with Crippen molar-refractivity contribution in [1.82, 2.24) is 10.3 Å². The van der Waals surface area contributed by atoms with E-state index in [-0.39, 0.29) is 29.6 Å². The zero-order chi connectivity index (χ0) is 15.9. The van der Waals surface area contributed by atoms with E-state index in [1.54, 1.807) is 0 Å². The fraction of sp³-hybridized carbons (Fsp3) is 0.385. The molecule has 4 N–H and O–H groups in total. The lowest BCUT2D eigenvalue weighted by molar-refractivity contribution is -0.130. The molecule has 1 fully saturated rings. The minimum atomic E-state index is -1.23. The van der Waals surface area contributed by atoms with Gasteiger partial charge in [0, 0.05) is 13.0 Å². The molecule has 1 aromatic carbocycles. The number of hydrazine groups is 1. The van der Waals surface area contributed by atoms with Crippen LogP contribution >= 0.6 is 11.6 Å². The number of amides is 2. The lowest BCUT2D eigenvalue weighted by Gasteiger charge is -2.35. The maximum atomic E-state index is 14.5. The molecule has 1 aromatic rings. The summed E-state index contributed by atoms with van der Waals surface area (Å²) >= 11 is 5.84. The maximum absolute atomic E-state index is 14.5. The number of hydrogen-bond donors (Lipinski definition) is 3. The Morgan fingerprint density at radius 3 is 3.09 bits per heavy atom. The van der Waals surface area contributed by atoms with Crippen LogP contribution < -0.4 is 16.6 Å². The largest absolute Gasteiger partial charge is 0.436 e. The second kappa shape index (κ2) is 5.38. The molecule has 0 saturated carbocycles. The first-order valence-electron chi connectivity index (χ1n) is 6.66. The summed E-state index contributed by atoms with van der Waals surface area (Å²) in [6.07, 6.45) is -0.387. The van der Waals surface area contributed by atoms with Crippen molar-refractivity contribution in [3.63, 3.8) is 0 Å². The van der Waals surface area contributed by atoms with Gasteiger partial charge in [0.1, 0.15) is 0 Å². The monoisotopic (exact) mass is 328 g/mol. The second-order valence-corrected chi connectivity index (χ2v) is 5.65. The normalized spacial score (nSPS) is 23.2. The van der Waals surface area contributed by atoms with Crippen LogP contribution in [0.2, 0.25) is 5.02 Å². The van der Waals surface area contributed by atoms with Crippen molar-refractivity contribution in [2.45, 2.75) is 12.0 Å². The molecule has 0 aromatic heterocycles. The highest BCUT2D eigenvalue weighted by molar-refractivity contribution is 6.31. The fourth-order valence-corrected chi connectivity index (χ4v) is 3.10. The van der Waals surface area contributed by atoms with Crippen molar-refractivity contribution in [3.05, 3.63) is 28.5 Å². The van der Waals surface area contributed by atoms with E-state index in [1.165, 1.54) is 17.0 Å². The average molecular weight is 329 g/mol. The summed E-state index contributed by atoms with van der Waals surface area (Å²) < 4.78 is 19.8. The van der Waals surface area contributed by atoms with Gasteiger partial charge in [-0.15, -0.1) is 0 Å². The van der Waals surface area contributed by atoms with E-state index in [9.17, 15) is 14.0 Å². The van der Waals surface area contributed by atoms with Gasteiger partial charge in [-0.1, -0.05) is 11.6 Å². The molecule has 3 rings (SSSR count). The molecule has 0 unspecified atom stereocenters. The lowest BCUT2D eigenvalue weighted by Crippen LogP contribution is -2.45. The van der Waals surface area contributed by atoms with Gasteiger partial charge in [-0.3, -0.25) is 21.4 Å². The first-order valence-corrected chi connectivity index (χ1v) is 7.04. The maximum Gasteiger partial charge on any atom is 0.412 e. The van der Waals surface area contributed by atoms with Crippen LogP contribution in [-0.4, -0.2) is 36.5 Å². The number of hydrogen-bond acceptors (Lipinski definition) is 5. The molecule has 1 spiro atoms. The summed E-state index contributed by atoms with van der Waals surface area (Å²) in [6, 6.07) is 2.89. The number of nitrogens with zero attached hydrogens (tertiary/aromatic N) is 1. The van der Waals surface area contributed by atoms with Gasteiger partial charge in [0.25, 0.3) is 0 Å². The highest BCUT2D eigenvalue weighted by Crippen LogP contribution is 2.45. The Hall–Kier alpha value is -1.90. The van der Waals surface area contributed by atoms with Crippen LogP contribution in [0.4, 0.5) is 14.9 Å². The topological polar surface area (TPSA) is 96.7 Å². The number of fused-ring (bicyclic) bond motifs is 2. The number of ether oxygens (including phenoxy) is 1. The molecule has 118 valence electrons. The van der Waals surface area contributed by atoms with Gasteiger partial charge >= 0.3 is 6.09 Å². The number of rotatable bonds is 2. The van der Waals surface area contributed by atoms with E-state index in [1.807, 2.05) is 0 Å². The van der Waals surface area contributed by atoms with Gasteiger partial charge in [0.2, 0.25) is 5.91 Å². The minimum Gasteiger partial charge on any atom is -0.436 e. The Morgan fingerprint density at radius 1 is 1.59 bits per heavy atom. The van der Waals surface area contributed by atoms with Crippen LogP contribution in [0.3, 0.4) is 0 Å². The Labute approximate surface area is 130 Å². The van der Waals surface area contributed by atoms with Crippen molar-refractivity contribution in [2.24, 2.45) is 5.84 Å². The molecule has 2 amide bonds. The zero-order valence-corrected chi connectivity index (χ0v) is 12.2. The number of carbonyl (C=O) groups is 2. The summed E-state index contributed by atoms with van der Waals surface area (Å²) in [4.78, 5) is 25.2. The van der Waals surface area contributed by atoms with Gasteiger partial charge in [-0.05, 0) is 12.1 Å². The third kappa shape index (κ3) is 2.29. The SMILES string of the molecule is NNCC(=O)N1CC[C@@]2(C1)OC(=O)Nc1ccc(Cl)c(F)c12. The van der Waals surface area contributed by atoms with E-state index < -0.39 is 17.5 Å². The van der Waals surface area contributed by atoms with Gasteiger partial charge in [0.05, 0.1) is 29.4 Å². The number of nitrogens with two attached hydrogens (primary N) is 1. The molecular weight excluding hydrogens is 315 g/mol. The Bertz CT molecular complexity index is 656. The summed E-state index contributed by atoms with van der Waals surface area (Å²) in [5.41, 5.74) is 1.54. The first-order chi connectivity index (χ1) is 10.5. The summed E-state index contributed by atoms with van der Waals surface area (Å²) in [6.45, 7) is 0.345. The van der Waals surface area contributed by atoms with Crippen molar-refractivity contribution >= 4 is 29.3 Å². The molecule has 0 aliphatic carbocycles. The molecule has 0 radical (unpaired) electrons. The van der Waals surface area contributed by atoms with Gasteiger partial charge in [-0.2, -0.15) is 0 Å². The third-order valence-corrected chi connectivity index (χ3v) is 4.20. The van der Waals surface area contributed by atoms with Crippen molar-refractivity contribution in [2.75, 3.05) is 25.0 Å². The number of carbonyl (C=O) groups excluding carboxylic acids is 2. The third-order valence-electron chi connectivity index (χ3n) is 3.91.